The highest BCUT2D eigenvalue weighted by molar-refractivity contribution is 6.48. The van der Waals surface area contributed by atoms with Gasteiger partial charge in [0.1, 0.15) is 11.9 Å². The number of rotatable bonds is 3. The van der Waals surface area contributed by atoms with E-state index in [1.54, 1.807) is 0 Å². The Kier molecular flexibility index (Phi) is 3.83. The first-order valence-corrected chi connectivity index (χ1v) is 9.72. The van der Waals surface area contributed by atoms with Gasteiger partial charge in [0.25, 0.3) is 0 Å². The van der Waals surface area contributed by atoms with Gasteiger partial charge in [-0.2, -0.15) is 0 Å². The summed E-state index contributed by atoms with van der Waals surface area (Å²) in [6, 6.07) is 8.31. The SMILES string of the molecule is CC(O[SiH](C)C)c1nc2ccccc2n1C(C)(C)C. The van der Waals surface area contributed by atoms with Gasteiger partial charge in [0.2, 0.25) is 0 Å². The van der Waals surface area contributed by atoms with Crippen LogP contribution in [0.3, 0.4) is 0 Å². The van der Waals surface area contributed by atoms with Crippen LogP contribution in [0.1, 0.15) is 39.6 Å². The molecule has 19 heavy (non-hydrogen) atoms. The molecule has 0 fully saturated rings. The summed E-state index contributed by atoms with van der Waals surface area (Å²) in [7, 11) is -1.07. The van der Waals surface area contributed by atoms with Crippen molar-refractivity contribution in [3.63, 3.8) is 0 Å². The fourth-order valence-corrected chi connectivity index (χ4v) is 3.43. The molecular weight excluding hydrogens is 252 g/mol. The molecule has 104 valence electrons. The minimum atomic E-state index is -1.07. The second-order valence-electron chi connectivity index (χ2n) is 6.29. The first kappa shape index (κ1) is 14.3. The van der Waals surface area contributed by atoms with Crippen molar-refractivity contribution < 1.29 is 4.43 Å². The molecule has 0 aliphatic rings. The Hall–Kier alpha value is -1.13. The largest absolute Gasteiger partial charge is 0.411 e. The number of benzene rings is 1. The predicted molar refractivity (Wildman–Crippen MR) is 83.1 cm³/mol. The van der Waals surface area contributed by atoms with Gasteiger partial charge in [-0.1, -0.05) is 12.1 Å². The molecule has 1 aromatic heterocycles. The van der Waals surface area contributed by atoms with Crippen LogP contribution in [-0.4, -0.2) is 18.6 Å². The van der Waals surface area contributed by atoms with Crippen LogP contribution in [0.15, 0.2) is 24.3 Å². The zero-order chi connectivity index (χ0) is 14.2. The van der Waals surface area contributed by atoms with Gasteiger partial charge in [0, 0.05) is 5.54 Å². The maximum absolute atomic E-state index is 6.06. The van der Waals surface area contributed by atoms with E-state index in [4.69, 9.17) is 9.41 Å². The molecule has 0 aliphatic carbocycles. The standard InChI is InChI=1S/C15H24N2OSi/c1-11(18-19(5)6)14-16-12-9-7-8-10-13(12)17(14)15(2,3)4/h7-11,19H,1-6H3. The van der Waals surface area contributed by atoms with Crippen molar-refractivity contribution in [2.24, 2.45) is 0 Å². The van der Waals surface area contributed by atoms with Crippen LogP contribution in [0.25, 0.3) is 11.0 Å². The van der Waals surface area contributed by atoms with E-state index in [-0.39, 0.29) is 11.6 Å². The Morgan fingerprint density at radius 2 is 1.84 bits per heavy atom. The molecule has 0 saturated heterocycles. The van der Waals surface area contributed by atoms with E-state index in [0.717, 1.165) is 11.3 Å². The molecule has 2 aromatic rings. The summed E-state index contributed by atoms with van der Waals surface area (Å²) in [6.45, 7) is 13.1. The predicted octanol–water partition coefficient (Wildman–Crippen LogP) is 3.85. The van der Waals surface area contributed by atoms with E-state index in [0.29, 0.717) is 0 Å². The molecule has 1 heterocycles. The highest BCUT2D eigenvalue weighted by Gasteiger charge is 2.25. The van der Waals surface area contributed by atoms with Gasteiger partial charge in [-0.25, -0.2) is 4.98 Å². The fourth-order valence-electron chi connectivity index (χ4n) is 2.49. The third-order valence-corrected chi connectivity index (χ3v) is 4.05. The average Bonchev–Trinajstić information content (AvgIpc) is 2.66. The molecular formula is C15H24N2OSi. The smallest absolute Gasteiger partial charge is 0.171 e. The monoisotopic (exact) mass is 276 g/mol. The van der Waals surface area contributed by atoms with E-state index in [1.165, 1.54) is 5.52 Å². The second kappa shape index (κ2) is 5.10. The molecule has 0 spiro atoms. The Bertz CT molecular complexity index is 569. The number of nitrogens with zero attached hydrogens (tertiary/aromatic N) is 2. The highest BCUT2D eigenvalue weighted by atomic mass is 28.3. The lowest BCUT2D eigenvalue weighted by Gasteiger charge is -2.27. The lowest BCUT2D eigenvalue weighted by molar-refractivity contribution is 0.205. The Morgan fingerprint density at radius 3 is 2.42 bits per heavy atom. The van der Waals surface area contributed by atoms with Crippen LogP contribution < -0.4 is 0 Å². The molecule has 0 radical (unpaired) electrons. The number of aromatic nitrogens is 2. The maximum Gasteiger partial charge on any atom is 0.171 e. The lowest BCUT2D eigenvalue weighted by atomic mass is 10.1. The molecule has 4 heteroatoms. The number of imidazole rings is 1. The number of hydrogen-bond donors (Lipinski definition) is 0. The van der Waals surface area contributed by atoms with E-state index in [9.17, 15) is 0 Å². The van der Waals surface area contributed by atoms with E-state index < -0.39 is 9.04 Å². The third-order valence-electron chi connectivity index (χ3n) is 3.10. The van der Waals surface area contributed by atoms with Gasteiger partial charge in [0.05, 0.1) is 11.0 Å². The molecule has 0 amide bonds. The molecule has 2 rings (SSSR count). The summed E-state index contributed by atoms with van der Waals surface area (Å²) < 4.78 is 8.37. The van der Waals surface area contributed by atoms with Crippen molar-refractivity contribution in [2.75, 3.05) is 0 Å². The van der Waals surface area contributed by atoms with Gasteiger partial charge in [0.15, 0.2) is 9.04 Å². The lowest BCUT2D eigenvalue weighted by Crippen LogP contribution is -2.26. The normalized spacial score (nSPS) is 14.3. The first-order valence-electron chi connectivity index (χ1n) is 6.94. The molecule has 0 saturated carbocycles. The maximum atomic E-state index is 6.06. The third kappa shape index (κ3) is 2.90. The minimum absolute atomic E-state index is 0.00158. The summed E-state index contributed by atoms with van der Waals surface area (Å²) in [5.41, 5.74) is 2.24. The van der Waals surface area contributed by atoms with Gasteiger partial charge in [-0.15, -0.1) is 0 Å². The fraction of sp³-hybridized carbons (Fsp3) is 0.533. The molecule has 0 N–H and O–H groups in total. The van der Waals surface area contributed by atoms with Crippen LogP contribution in [0.2, 0.25) is 13.1 Å². The number of para-hydroxylation sites is 2. The van der Waals surface area contributed by atoms with Gasteiger partial charge in [-0.05, 0) is 52.9 Å². The van der Waals surface area contributed by atoms with Crippen molar-refractivity contribution >= 4 is 20.1 Å². The molecule has 0 aliphatic heterocycles. The highest BCUT2D eigenvalue weighted by Crippen LogP contribution is 2.29. The summed E-state index contributed by atoms with van der Waals surface area (Å²) in [4.78, 5) is 4.79. The summed E-state index contributed by atoms with van der Waals surface area (Å²) in [6.07, 6.45) is 0.0540. The van der Waals surface area contributed by atoms with E-state index in [1.807, 2.05) is 6.07 Å². The van der Waals surface area contributed by atoms with Gasteiger partial charge in [-0.3, -0.25) is 0 Å². The van der Waals surface area contributed by atoms with E-state index >= 15 is 0 Å². The summed E-state index contributed by atoms with van der Waals surface area (Å²) in [5.74, 6) is 1.04. The van der Waals surface area contributed by atoms with Crippen LogP contribution in [0, 0.1) is 0 Å². The van der Waals surface area contributed by atoms with Crippen molar-refractivity contribution in [3.05, 3.63) is 30.1 Å². The molecule has 0 bridgehead atoms. The Morgan fingerprint density at radius 1 is 1.21 bits per heavy atom. The van der Waals surface area contributed by atoms with Crippen LogP contribution >= 0.6 is 0 Å². The average molecular weight is 276 g/mol. The van der Waals surface area contributed by atoms with Crippen LogP contribution in [0.4, 0.5) is 0 Å². The Balaban J connectivity index is 2.59. The molecule has 1 unspecified atom stereocenters. The van der Waals surface area contributed by atoms with Crippen molar-refractivity contribution in [1.82, 2.24) is 9.55 Å². The first-order chi connectivity index (χ1) is 8.80. The summed E-state index contributed by atoms with van der Waals surface area (Å²) in [5, 5.41) is 0. The molecule has 3 nitrogen and oxygen atoms in total. The van der Waals surface area contributed by atoms with Gasteiger partial charge >= 0.3 is 0 Å². The van der Waals surface area contributed by atoms with Crippen LogP contribution in [-0.2, 0) is 9.96 Å². The number of fused-ring (bicyclic) bond motifs is 1. The Labute approximate surface area is 117 Å². The second-order valence-corrected chi connectivity index (χ2v) is 8.66. The zero-order valence-corrected chi connectivity index (χ0v) is 13.9. The van der Waals surface area contributed by atoms with Crippen molar-refractivity contribution in [3.8, 4) is 0 Å². The minimum Gasteiger partial charge on any atom is -0.411 e. The quantitative estimate of drug-likeness (QED) is 0.796. The molecule has 1 aromatic carbocycles. The summed E-state index contributed by atoms with van der Waals surface area (Å²) >= 11 is 0. The van der Waals surface area contributed by atoms with Crippen molar-refractivity contribution in [1.29, 1.82) is 0 Å². The topological polar surface area (TPSA) is 27.1 Å². The number of hydrogen-bond acceptors (Lipinski definition) is 2. The zero-order valence-electron chi connectivity index (χ0n) is 12.8. The van der Waals surface area contributed by atoms with E-state index in [2.05, 4.69) is 63.6 Å². The van der Waals surface area contributed by atoms with Gasteiger partial charge < -0.3 is 8.99 Å². The van der Waals surface area contributed by atoms with Crippen LogP contribution in [0.5, 0.6) is 0 Å². The molecule has 1 atom stereocenters. The van der Waals surface area contributed by atoms with Crippen molar-refractivity contribution in [2.45, 2.75) is 52.4 Å².